The molecule has 2 rings (SSSR count). The van der Waals surface area contributed by atoms with E-state index in [4.69, 9.17) is 18.0 Å². The monoisotopic (exact) mass is 284 g/mol. The summed E-state index contributed by atoms with van der Waals surface area (Å²) in [6.07, 6.45) is 2.36. The molecule has 19 heavy (non-hydrogen) atoms. The Hall–Kier alpha value is -0.720. The van der Waals surface area contributed by atoms with Gasteiger partial charge in [0.2, 0.25) is 5.91 Å². The van der Waals surface area contributed by atoms with Crippen molar-refractivity contribution in [2.24, 2.45) is 5.73 Å². The molecule has 108 valence electrons. The fourth-order valence-corrected chi connectivity index (χ4v) is 2.81. The molecule has 0 aromatic rings. The van der Waals surface area contributed by atoms with Crippen molar-refractivity contribution in [3.63, 3.8) is 0 Å². The minimum atomic E-state index is 0.285. The lowest BCUT2D eigenvalue weighted by atomic mass is 10.3. The maximum absolute atomic E-state index is 12.2. The standard InChI is InChI=1S/C13H24N4OS/c1-2-17(11-3-4-11)13(18)10-16-7-5-15(6-8-16)9-12(14)19/h11H,2-10H2,1H3,(H2,14,19). The third-order valence-corrected chi connectivity index (χ3v) is 3.98. The molecule has 6 heteroatoms. The molecule has 1 aliphatic heterocycles. The number of carbonyl (C=O) groups excluding carboxylic acids is 1. The van der Waals surface area contributed by atoms with Crippen LogP contribution in [0.4, 0.5) is 0 Å². The van der Waals surface area contributed by atoms with Gasteiger partial charge < -0.3 is 10.6 Å². The fraction of sp³-hybridized carbons (Fsp3) is 0.846. The van der Waals surface area contributed by atoms with Crippen LogP contribution in [-0.2, 0) is 4.79 Å². The summed E-state index contributed by atoms with van der Waals surface area (Å²) in [4.78, 5) is 19.3. The molecule has 0 radical (unpaired) electrons. The maximum atomic E-state index is 12.2. The van der Waals surface area contributed by atoms with Crippen LogP contribution in [0.3, 0.4) is 0 Å². The highest BCUT2D eigenvalue weighted by atomic mass is 32.1. The van der Waals surface area contributed by atoms with Crippen molar-refractivity contribution in [2.45, 2.75) is 25.8 Å². The lowest BCUT2D eigenvalue weighted by Crippen LogP contribution is -2.51. The first-order chi connectivity index (χ1) is 9.10. The molecule has 0 unspecified atom stereocenters. The Labute approximate surface area is 120 Å². The van der Waals surface area contributed by atoms with Gasteiger partial charge >= 0.3 is 0 Å². The molecule has 2 fully saturated rings. The third kappa shape index (κ3) is 4.40. The number of rotatable bonds is 6. The molecule has 2 aliphatic rings. The average Bonchev–Trinajstić information content (AvgIpc) is 3.16. The van der Waals surface area contributed by atoms with E-state index in [0.717, 1.165) is 32.7 Å². The first-order valence-electron chi connectivity index (χ1n) is 7.12. The molecular weight excluding hydrogens is 260 g/mol. The smallest absolute Gasteiger partial charge is 0.236 e. The molecule has 0 bridgehead atoms. The number of thiocarbonyl (C=S) groups is 1. The minimum absolute atomic E-state index is 0.285. The molecule has 0 atom stereocenters. The quantitative estimate of drug-likeness (QED) is 0.691. The summed E-state index contributed by atoms with van der Waals surface area (Å²) in [5, 5.41) is 0. The Bertz CT molecular complexity index is 338. The zero-order valence-electron chi connectivity index (χ0n) is 11.7. The Morgan fingerprint density at radius 3 is 2.16 bits per heavy atom. The zero-order valence-corrected chi connectivity index (χ0v) is 12.5. The first-order valence-corrected chi connectivity index (χ1v) is 7.53. The number of nitrogens with two attached hydrogens (primary N) is 1. The summed E-state index contributed by atoms with van der Waals surface area (Å²) in [5.74, 6) is 0.285. The number of carbonyl (C=O) groups is 1. The first kappa shape index (κ1) is 14.7. The number of likely N-dealkylation sites (N-methyl/N-ethyl adjacent to an activating group) is 1. The summed E-state index contributed by atoms with van der Waals surface area (Å²) in [7, 11) is 0. The van der Waals surface area contributed by atoms with E-state index < -0.39 is 0 Å². The molecule has 1 amide bonds. The molecule has 1 saturated carbocycles. The predicted octanol–water partition coefficient (Wildman–Crippen LogP) is -0.0990. The van der Waals surface area contributed by atoms with Crippen LogP contribution in [0.5, 0.6) is 0 Å². The topological polar surface area (TPSA) is 52.8 Å². The van der Waals surface area contributed by atoms with Crippen molar-refractivity contribution >= 4 is 23.1 Å². The number of amides is 1. The second kappa shape index (κ2) is 6.63. The van der Waals surface area contributed by atoms with Crippen molar-refractivity contribution < 1.29 is 4.79 Å². The van der Waals surface area contributed by atoms with Crippen molar-refractivity contribution in [3.8, 4) is 0 Å². The van der Waals surface area contributed by atoms with E-state index in [9.17, 15) is 4.79 Å². The van der Waals surface area contributed by atoms with Gasteiger partial charge in [-0.1, -0.05) is 12.2 Å². The summed E-state index contributed by atoms with van der Waals surface area (Å²) >= 11 is 4.92. The van der Waals surface area contributed by atoms with Crippen molar-refractivity contribution in [3.05, 3.63) is 0 Å². The summed E-state index contributed by atoms with van der Waals surface area (Å²) in [6, 6.07) is 0.522. The normalized spacial score (nSPS) is 21.3. The van der Waals surface area contributed by atoms with Gasteiger partial charge in [-0.25, -0.2) is 0 Å². The average molecular weight is 284 g/mol. The molecule has 2 N–H and O–H groups in total. The van der Waals surface area contributed by atoms with Crippen LogP contribution in [0.2, 0.25) is 0 Å². The van der Waals surface area contributed by atoms with E-state index in [1.165, 1.54) is 12.8 Å². The van der Waals surface area contributed by atoms with Crippen LogP contribution >= 0.6 is 12.2 Å². The Kier molecular flexibility index (Phi) is 5.13. The predicted molar refractivity (Wildman–Crippen MR) is 80.1 cm³/mol. The Morgan fingerprint density at radius 1 is 1.21 bits per heavy atom. The minimum Gasteiger partial charge on any atom is -0.392 e. The Balaban J connectivity index is 1.72. The van der Waals surface area contributed by atoms with Gasteiger partial charge in [-0.3, -0.25) is 14.6 Å². The van der Waals surface area contributed by atoms with Gasteiger partial charge in [0, 0.05) is 45.3 Å². The second-order valence-electron chi connectivity index (χ2n) is 5.43. The van der Waals surface area contributed by atoms with E-state index in [-0.39, 0.29) is 5.91 Å². The van der Waals surface area contributed by atoms with Crippen LogP contribution in [0.15, 0.2) is 0 Å². The maximum Gasteiger partial charge on any atom is 0.236 e. The van der Waals surface area contributed by atoms with Gasteiger partial charge in [-0.2, -0.15) is 0 Å². The highest BCUT2D eigenvalue weighted by Gasteiger charge is 2.32. The van der Waals surface area contributed by atoms with E-state index in [1.54, 1.807) is 0 Å². The van der Waals surface area contributed by atoms with E-state index >= 15 is 0 Å². The molecule has 1 saturated heterocycles. The van der Waals surface area contributed by atoms with Crippen LogP contribution in [0.25, 0.3) is 0 Å². The van der Waals surface area contributed by atoms with Gasteiger partial charge in [0.05, 0.1) is 11.5 Å². The Morgan fingerprint density at radius 2 is 1.74 bits per heavy atom. The molecule has 0 aromatic carbocycles. The molecule has 0 aromatic heterocycles. The molecule has 1 heterocycles. The molecule has 1 aliphatic carbocycles. The van der Waals surface area contributed by atoms with Gasteiger partial charge in [0.1, 0.15) is 0 Å². The summed E-state index contributed by atoms with van der Waals surface area (Å²) in [6.45, 7) is 7.90. The van der Waals surface area contributed by atoms with Crippen LogP contribution in [0, 0.1) is 0 Å². The van der Waals surface area contributed by atoms with Crippen molar-refractivity contribution in [1.82, 2.24) is 14.7 Å². The van der Waals surface area contributed by atoms with Crippen LogP contribution < -0.4 is 5.73 Å². The lowest BCUT2D eigenvalue weighted by molar-refractivity contribution is -0.133. The molecular formula is C13H24N4OS. The zero-order chi connectivity index (χ0) is 13.8. The SMILES string of the molecule is CCN(C(=O)CN1CCN(CC(N)=S)CC1)C1CC1. The lowest BCUT2D eigenvalue weighted by Gasteiger charge is -2.35. The number of nitrogens with zero attached hydrogens (tertiary/aromatic N) is 3. The number of hydrogen-bond donors (Lipinski definition) is 1. The van der Waals surface area contributed by atoms with Crippen LogP contribution in [-0.4, -0.2) is 77.5 Å². The van der Waals surface area contributed by atoms with E-state index in [2.05, 4.69) is 16.7 Å². The van der Waals surface area contributed by atoms with Gasteiger partial charge in [0.25, 0.3) is 0 Å². The van der Waals surface area contributed by atoms with Crippen molar-refractivity contribution in [2.75, 3.05) is 45.8 Å². The summed E-state index contributed by atoms with van der Waals surface area (Å²) < 4.78 is 0. The van der Waals surface area contributed by atoms with Gasteiger partial charge in [0.15, 0.2) is 0 Å². The summed E-state index contributed by atoms with van der Waals surface area (Å²) in [5.41, 5.74) is 5.55. The largest absolute Gasteiger partial charge is 0.392 e. The number of hydrogen-bond acceptors (Lipinski definition) is 4. The number of piperazine rings is 1. The fourth-order valence-electron chi connectivity index (χ4n) is 2.63. The van der Waals surface area contributed by atoms with E-state index in [0.29, 0.717) is 24.1 Å². The van der Waals surface area contributed by atoms with Gasteiger partial charge in [-0.15, -0.1) is 0 Å². The highest BCUT2D eigenvalue weighted by molar-refractivity contribution is 7.80. The van der Waals surface area contributed by atoms with Crippen molar-refractivity contribution in [1.29, 1.82) is 0 Å². The van der Waals surface area contributed by atoms with Crippen LogP contribution in [0.1, 0.15) is 19.8 Å². The van der Waals surface area contributed by atoms with E-state index in [1.807, 2.05) is 4.90 Å². The third-order valence-electron chi connectivity index (χ3n) is 3.85. The molecule has 0 spiro atoms. The van der Waals surface area contributed by atoms with Gasteiger partial charge in [-0.05, 0) is 19.8 Å². The highest BCUT2D eigenvalue weighted by Crippen LogP contribution is 2.26. The molecule has 5 nitrogen and oxygen atoms in total. The second-order valence-corrected chi connectivity index (χ2v) is 5.95.